The molecule has 1 amide bonds. The first-order chi connectivity index (χ1) is 9.86. The van der Waals surface area contributed by atoms with E-state index in [1.165, 1.54) is 0 Å². The lowest BCUT2D eigenvalue weighted by molar-refractivity contribution is -0.139. The highest BCUT2D eigenvalue weighted by Crippen LogP contribution is 2.29. The summed E-state index contributed by atoms with van der Waals surface area (Å²) in [5.41, 5.74) is 0.410. The number of hydrogen-bond donors (Lipinski definition) is 2. The zero-order valence-electron chi connectivity index (χ0n) is 11.9. The molecule has 0 bridgehead atoms. The van der Waals surface area contributed by atoms with Crippen molar-refractivity contribution in [2.24, 2.45) is 0 Å². The van der Waals surface area contributed by atoms with Crippen molar-refractivity contribution in [1.82, 2.24) is 4.90 Å². The molecule has 0 aliphatic carbocycles. The van der Waals surface area contributed by atoms with Crippen molar-refractivity contribution in [2.75, 3.05) is 18.4 Å². The van der Waals surface area contributed by atoms with Gasteiger partial charge in [0, 0.05) is 0 Å². The zero-order chi connectivity index (χ0) is 16.0. The molecule has 1 aromatic carbocycles. The Morgan fingerprint density at radius 2 is 2.05 bits per heavy atom. The molecule has 1 aromatic rings. The predicted molar refractivity (Wildman–Crippen MR) is 84.1 cm³/mol. The van der Waals surface area contributed by atoms with Crippen LogP contribution in [-0.2, 0) is 9.59 Å². The topological polar surface area (TPSA) is 69.6 Å². The van der Waals surface area contributed by atoms with Gasteiger partial charge < -0.3 is 10.4 Å². The van der Waals surface area contributed by atoms with Crippen LogP contribution in [0.2, 0.25) is 10.0 Å². The van der Waals surface area contributed by atoms with Gasteiger partial charge in [-0.25, -0.2) is 0 Å². The van der Waals surface area contributed by atoms with E-state index in [2.05, 4.69) is 5.32 Å². The molecule has 2 N–H and O–H groups in total. The van der Waals surface area contributed by atoms with Gasteiger partial charge in [-0.2, -0.15) is 0 Å². The molecule has 0 spiro atoms. The Labute approximate surface area is 133 Å². The largest absolute Gasteiger partial charge is 0.480 e. The normalized spacial score (nSPS) is 12.2. The van der Waals surface area contributed by atoms with E-state index in [0.717, 1.165) is 6.42 Å². The maximum absolute atomic E-state index is 12.2. The Bertz CT molecular complexity index is 523. The second-order valence-corrected chi connectivity index (χ2v) is 5.42. The van der Waals surface area contributed by atoms with Gasteiger partial charge in [-0.15, -0.1) is 0 Å². The molecule has 0 heterocycles. The number of nitrogens with one attached hydrogen (secondary N) is 1. The van der Waals surface area contributed by atoms with Crippen molar-refractivity contribution in [3.05, 3.63) is 28.2 Å². The average Bonchev–Trinajstić information content (AvgIpc) is 2.42. The van der Waals surface area contributed by atoms with Crippen LogP contribution in [-0.4, -0.2) is 41.0 Å². The Balaban J connectivity index is 2.80. The average molecular weight is 333 g/mol. The van der Waals surface area contributed by atoms with Crippen LogP contribution in [0.15, 0.2) is 18.2 Å². The van der Waals surface area contributed by atoms with Gasteiger partial charge in [-0.1, -0.05) is 36.2 Å². The van der Waals surface area contributed by atoms with E-state index in [1.54, 1.807) is 30.0 Å². The lowest BCUT2D eigenvalue weighted by atomic mass is 10.2. The standard InChI is InChI=1S/C14H18Cl2N2O3/c1-3-7-18(8-12(19)20)9(2)14(21)17-11-6-4-5-10(15)13(11)16/h4-6,9H,3,7-8H2,1-2H3,(H,17,21)(H,19,20). The fraction of sp³-hybridized carbons (Fsp3) is 0.429. The van der Waals surface area contributed by atoms with Gasteiger partial charge in [0.25, 0.3) is 0 Å². The van der Waals surface area contributed by atoms with Crippen LogP contribution >= 0.6 is 23.2 Å². The van der Waals surface area contributed by atoms with Crippen LogP contribution in [0, 0.1) is 0 Å². The highest BCUT2D eigenvalue weighted by molar-refractivity contribution is 6.44. The molecule has 21 heavy (non-hydrogen) atoms. The summed E-state index contributed by atoms with van der Waals surface area (Å²) < 4.78 is 0. The summed E-state index contributed by atoms with van der Waals surface area (Å²) in [7, 11) is 0. The number of nitrogens with zero attached hydrogens (tertiary/aromatic N) is 1. The first kappa shape index (κ1) is 17.8. The van der Waals surface area contributed by atoms with Crippen LogP contribution in [0.1, 0.15) is 20.3 Å². The summed E-state index contributed by atoms with van der Waals surface area (Å²) in [6.45, 7) is 3.91. The van der Waals surface area contributed by atoms with Crippen LogP contribution in [0.3, 0.4) is 0 Å². The van der Waals surface area contributed by atoms with Gasteiger partial charge in [0.1, 0.15) is 0 Å². The Morgan fingerprint density at radius 1 is 1.38 bits per heavy atom. The number of hydrogen-bond acceptors (Lipinski definition) is 3. The van der Waals surface area contributed by atoms with E-state index in [0.29, 0.717) is 17.3 Å². The van der Waals surface area contributed by atoms with Crippen molar-refractivity contribution in [3.8, 4) is 0 Å². The predicted octanol–water partition coefficient (Wildman–Crippen LogP) is 3.12. The van der Waals surface area contributed by atoms with E-state index >= 15 is 0 Å². The van der Waals surface area contributed by atoms with Gasteiger partial charge in [0.15, 0.2) is 0 Å². The highest BCUT2D eigenvalue weighted by Gasteiger charge is 2.23. The molecule has 0 aliphatic heterocycles. The molecule has 116 valence electrons. The second-order valence-electron chi connectivity index (χ2n) is 4.63. The fourth-order valence-corrected chi connectivity index (χ4v) is 2.22. The molecule has 0 saturated carbocycles. The quantitative estimate of drug-likeness (QED) is 0.804. The lowest BCUT2D eigenvalue weighted by Gasteiger charge is -2.26. The summed E-state index contributed by atoms with van der Waals surface area (Å²) in [4.78, 5) is 24.7. The van der Waals surface area contributed by atoms with E-state index in [1.807, 2.05) is 6.92 Å². The molecule has 0 aromatic heterocycles. The smallest absolute Gasteiger partial charge is 0.317 e. The number of anilines is 1. The molecule has 1 atom stereocenters. The minimum Gasteiger partial charge on any atom is -0.480 e. The Morgan fingerprint density at radius 3 is 2.62 bits per heavy atom. The third kappa shape index (κ3) is 5.19. The van der Waals surface area contributed by atoms with E-state index in [-0.39, 0.29) is 17.5 Å². The number of carbonyl (C=O) groups is 2. The summed E-state index contributed by atoms with van der Waals surface area (Å²) in [6, 6.07) is 4.35. The minimum atomic E-state index is -0.969. The van der Waals surface area contributed by atoms with Crippen molar-refractivity contribution in [3.63, 3.8) is 0 Å². The number of halogens is 2. The van der Waals surface area contributed by atoms with Crippen molar-refractivity contribution in [1.29, 1.82) is 0 Å². The third-order valence-corrected chi connectivity index (χ3v) is 3.80. The number of carboxylic acids is 1. The number of rotatable bonds is 7. The third-order valence-electron chi connectivity index (χ3n) is 2.99. The van der Waals surface area contributed by atoms with Crippen molar-refractivity contribution < 1.29 is 14.7 Å². The van der Waals surface area contributed by atoms with Crippen LogP contribution in [0.25, 0.3) is 0 Å². The maximum atomic E-state index is 12.2. The van der Waals surface area contributed by atoms with Crippen LogP contribution in [0.4, 0.5) is 5.69 Å². The molecule has 0 saturated heterocycles. The number of benzene rings is 1. The zero-order valence-corrected chi connectivity index (χ0v) is 13.4. The van der Waals surface area contributed by atoms with Gasteiger partial charge in [0.2, 0.25) is 5.91 Å². The van der Waals surface area contributed by atoms with Gasteiger partial charge >= 0.3 is 5.97 Å². The molecule has 0 fully saturated rings. The number of aliphatic carboxylic acids is 1. The monoisotopic (exact) mass is 332 g/mol. The maximum Gasteiger partial charge on any atom is 0.317 e. The molecule has 5 nitrogen and oxygen atoms in total. The van der Waals surface area contributed by atoms with Crippen LogP contribution in [0.5, 0.6) is 0 Å². The summed E-state index contributed by atoms with van der Waals surface area (Å²) in [5, 5.41) is 12.2. The lowest BCUT2D eigenvalue weighted by Crippen LogP contribution is -2.45. The Kier molecular flexibility index (Phi) is 6.95. The molecule has 7 heteroatoms. The van der Waals surface area contributed by atoms with Gasteiger partial charge in [-0.3, -0.25) is 14.5 Å². The highest BCUT2D eigenvalue weighted by atomic mass is 35.5. The summed E-state index contributed by atoms with van der Waals surface area (Å²) in [6.07, 6.45) is 0.753. The van der Waals surface area contributed by atoms with E-state index in [9.17, 15) is 9.59 Å². The first-order valence-corrected chi connectivity index (χ1v) is 7.33. The molecular weight excluding hydrogens is 315 g/mol. The van der Waals surface area contributed by atoms with Crippen molar-refractivity contribution in [2.45, 2.75) is 26.3 Å². The van der Waals surface area contributed by atoms with Gasteiger partial charge in [0.05, 0.1) is 28.3 Å². The van der Waals surface area contributed by atoms with Crippen LogP contribution < -0.4 is 5.32 Å². The Hall–Kier alpha value is -1.30. The SMILES string of the molecule is CCCN(CC(=O)O)C(C)C(=O)Nc1cccc(Cl)c1Cl. The van der Waals surface area contributed by atoms with Gasteiger partial charge in [-0.05, 0) is 32.0 Å². The summed E-state index contributed by atoms with van der Waals surface area (Å²) in [5.74, 6) is -1.29. The van der Waals surface area contributed by atoms with E-state index in [4.69, 9.17) is 28.3 Å². The number of carbonyl (C=O) groups excluding carboxylic acids is 1. The summed E-state index contributed by atoms with van der Waals surface area (Å²) >= 11 is 11.9. The molecule has 1 rings (SSSR count). The molecule has 1 unspecified atom stereocenters. The van der Waals surface area contributed by atoms with Crippen molar-refractivity contribution >= 4 is 40.8 Å². The minimum absolute atomic E-state index is 0.189. The molecule has 0 radical (unpaired) electrons. The number of carboxylic acid groups (broad SMARTS) is 1. The number of amides is 1. The molecular formula is C14H18Cl2N2O3. The second kappa shape index (κ2) is 8.22. The first-order valence-electron chi connectivity index (χ1n) is 6.57. The van der Waals surface area contributed by atoms with E-state index < -0.39 is 12.0 Å². The molecule has 0 aliphatic rings. The fourth-order valence-electron chi connectivity index (χ4n) is 1.87.